The van der Waals surface area contributed by atoms with Crippen LogP contribution in [0.5, 0.6) is 0 Å². The topological polar surface area (TPSA) is 0 Å². The summed E-state index contributed by atoms with van der Waals surface area (Å²) >= 11 is 0. The Morgan fingerprint density at radius 1 is 1.09 bits per heavy atom. The first-order valence-corrected chi connectivity index (χ1v) is 4.88. The summed E-state index contributed by atoms with van der Waals surface area (Å²) < 4.78 is 0. The highest BCUT2D eigenvalue weighted by Crippen LogP contribution is 2.28. The smallest absolute Gasteiger partial charge is 0.0238 e. The number of allylic oxidation sites excluding steroid dienone is 1. The first-order chi connectivity index (χ1) is 5.43. The van der Waals surface area contributed by atoms with Gasteiger partial charge in [-0.05, 0) is 31.6 Å². The van der Waals surface area contributed by atoms with Crippen molar-refractivity contribution in [1.82, 2.24) is 0 Å². The summed E-state index contributed by atoms with van der Waals surface area (Å²) in [6, 6.07) is 0. The van der Waals surface area contributed by atoms with Crippen LogP contribution in [0.1, 0.15) is 51.4 Å². The number of rotatable bonds is 3. The third-order valence-electron chi connectivity index (χ3n) is 2.51. The van der Waals surface area contributed by atoms with Crippen molar-refractivity contribution in [3.05, 3.63) is 18.6 Å². The molecule has 11 heavy (non-hydrogen) atoms. The molecule has 1 aliphatic carbocycles. The lowest BCUT2D eigenvalue weighted by Crippen LogP contribution is -1.94. The largest absolute Gasteiger partial charge is 0.103 e. The zero-order chi connectivity index (χ0) is 7.94. The summed E-state index contributed by atoms with van der Waals surface area (Å²) in [6.45, 7) is 3.76. The van der Waals surface area contributed by atoms with Crippen LogP contribution >= 0.6 is 0 Å². The Labute approximate surface area is 70.7 Å². The summed E-state index contributed by atoms with van der Waals surface area (Å²) in [7, 11) is 0. The van der Waals surface area contributed by atoms with Crippen LogP contribution in [-0.4, -0.2) is 0 Å². The predicted molar refractivity (Wildman–Crippen MR) is 50.4 cm³/mol. The average Bonchev–Trinajstić information content (AvgIpc) is 2.28. The Bertz CT molecular complexity index is 96.6. The molecule has 1 radical (unpaired) electrons. The van der Waals surface area contributed by atoms with E-state index >= 15 is 0 Å². The quantitative estimate of drug-likeness (QED) is 0.424. The molecule has 0 saturated heterocycles. The van der Waals surface area contributed by atoms with Crippen molar-refractivity contribution in [2.75, 3.05) is 0 Å². The summed E-state index contributed by atoms with van der Waals surface area (Å²) in [5.41, 5.74) is 0. The molecule has 0 bridgehead atoms. The minimum absolute atomic E-state index is 1.19. The molecule has 0 spiro atoms. The second kappa shape index (κ2) is 5.40. The Hall–Kier alpha value is -0.260. The lowest BCUT2D eigenvalue weighted by atomic mass is 9.95. The molecule has 1 saturated carbocycles. The van der Waals surface area contributed by atoms with Crippen LogP contribution in [0, 0.1) is 5.92 Å². The fourth-order valence-corrected chi connectivity index (χ4v) is 1.78. The molecule has 0 N–H and O–H groups in total. The van der Waals surface area contributed by atoms with Crippen LogP contribution < -0.4 is 0 Å². The molecule has 0 atom stereocenters. The summed E-state index contributed by atoms with van der Waals surface area (Å²) in [6.07, 6.45) is 13.1. The SMILES string of the molecule is C=CCC[C]1CCCCCC1. The first kappa shape index (κ1) is 8.83. The Morgan fingerprint density at radius 2 is 1.73 bits per heavy atom. The van der Waals surface area contributed by atoms with Crippen LogP contribution in [0.15, 0.2) is 12.7 Å². The lowest BCUT2D eigenvalue weighted by Gasteiger charge is -2.10. The molecular formula is C11H19. The van der Waals surface area contributed by atoms with E-state index in [4.69, 9.17) is 0 Å². The molecule has 0 aromatic heterocycles. The van der Waals surface area contributed by atoms with E-state index in [-0.39, 0.29) is 0 Å². The average molecular weight is 151 g/mol. The van der Waals surface area contributed by atoms with Crippen molar-refractivity contribution < 1.29 is 0 Å². The second-order valence-corrected chi connectivity index (χ2v) is 3.49. The molecule has 1 rings (SSSR count). The zero-order valence-corrected chi connectivity index (χ0v) is 7.44. The van der Waals surface area contributed by atoms with Crippen LogP contribution in [0.2, 0.25) is 0 Å². The molecule has 63 valence electrons. The predicted octanol–water partition coefficient (Wildman–Crippen LogP) is 3.88. The van der Waals surface area contributed by atoms with E-state index in [0.717, 1.165) is 0 Å². The van der Waals surface area contributed by atoms with Gasteiger partial charge in [0.05, 0.1) is 0 Å². The maximum absolute atomic E-state index is 3.76. The molecule has 0 amide bonds. The summed E-state index contributed by atoms with van der Waals surface area (Å²) in [4.78, 5) is 0. The van der Waals surface area contributed by atoms with Gasteiger partial charge in [0.2, 0.25) is 0 Å². The fraction of sp³-hybridized carbons (Fsp3) is 0.727. The minimum atomic E-state index is 1.19. The molecule has 0 heterocycles. The first-order valence-electron chi connectivity index (χ1n) is 4.88. The number of hydrogen-bond donors (Lipinski definition) is 0. The van der Waals surface area contributed by atoms with Crippen molar-refractivity contribution in [3.63, 3.8) is 0 Å². The minimum Gasteiger partial charge on any atom is -0.103 e. The third-order valence-corrected chi connectivity index (χ3v) is 2.51. The van der Waals surface area contributed by atoms with Gasteiger partial charge < -0.3 is 0 Å². The normalized spacial score (nSPS) is 21.1. The van der Waals surface area contributed by atoms with Crippen molar-refractivity contribution in [3.8, 4) is 0 Å². The standard InChI is InChI=1S/C11H19/c1-2-3-8-11-9-6-4-5-7-10-11/h2H,1,3-10H2. The van der Waals surface area contributed by atoms with E-state index in [9.17, 15) is 0 Å². The lowest BCUT2D eigenvalue weighted by molar-refractivity contribution is 0.665. The van der Waals surface area contributed by atoms with E-state index < -0.39 is 0 Å². The Kier molecular flexibility index (Phi) is 4.33. The van der Waals surface area contributed by atoms with Crippen molar-refractivity contribution >= 4 is 0 Å². The highest BCUT2D eigenvalue weighted by atomic mass is 14.2. The van der Waals surface area contributed by atoms with Gasteiger partial charge in [-0.1, -0.05) is 31.8 Å². The molecule has 1 aliphatic rings. The van der Waals surface area contributed by atoms with Crippen LogP contribution in [0.4, 0.5) is 0 Å². The molecule has 0 aromatic rings. The molecular weight excluding hydrogens is 132 g/mol. The van der Waals surface area contributed by atoms with Gasteiger partial charge in [0.1, 0.15) is 0 Å². The van der Waals surface area contributed by atoms with Gasteiger partial charge in [-0.3, -0.25) is 0 Å². The zero-order valence-electron chi connectivity index (χ0n) is 7.44. The molecule has 0 aliphatic heterocycles. The maximum atomic E-state index is 3.76. The number of hydrogen-bond acceptors (Lipinski definition) is 0. The van der Waals surface area contributed by atoms with E-state index in [1.807, 2.05) is 6.08 Å². The van der Waals surface area contributed by atoms with Crippen LogP contribution in [-0.2, 0) is 0 Å². The third kappa shape index (κ3) is 3.60. The van der Waals surface area contributed by atoms with Crippen LogP contribution in [0.25, 0.3) is 0 Å². The fourth-order valence-electron chi connectivity index (χ4n) is 1.78. The van der Waals surface area contributed by atoms with Gasteiger partial charge in [-0.15, -0.1) is 6.58 Å². The van der Waals surface area contributed by atoms with E-state index in [0.29, 0.717) is 0 Å². The molecule has 0 aromatic carbocycles. The van der Waals surface area contributed by atoms with Crippen molar-refractivity contribution in [2.24, 2.45) is 0 Å². The molecule has 0 nitrogen and oxygen atoms in total. The maximum Gasteiger partial charge on any atom is -0.0238 e. The molecule has 0 unspecified atom stereocenters. The Balaban J connectivity index is 2.14. The Morgan fingerprint density at radius 3 is 2.27 bits per heavy atom. The van der Waals surface area contributed by atoms with Gasteiger partial charge in [0, 0.05) is 0 Å². The van der Waals surface area contributed by atoms with Crippen LogP contribution in [0.3, 0.4) is 0 Å². The molecule has 0 heteroatoms. The summed E-state index contributed by atoms with van der Waals surface area (Å²) in [5.74, 6) is 1.79. The van der Waals surface area contributed by atoms with E-state index in [2.05, 4.69) is 6.58 Å². The van der Waals surface area contributed by atoms with Gasteiger partial charge in [-0.2, -0.15) is 0 Å². The monoisotopic (exact) mass is 151 g/mol. The van der Waals surface area contributed by atoms with E-state index in [1.54, 1.807) is 5.92 Å². The van der Waals surface area contributed by atoms with Gasteiger partial charge >= 0.3 is 0 Å². The van der Waals surface area contributed by atoms with Gasteiger partial charge in [0.25, 0.3) is 0 Å². The van der Waals surface area contributed by atoms with Crippen molar-refractivity contribution in [1.29, 1.82) is 0 Å². The van der Waals surface area contributed by atoms with Gasteiger partial charge in [-0.25, -0.2) is 0 Å². The highest BCUT2D eigenvalue weighted by Gasteiger charge is 2.10. The van der Waals surface area contributed by atoms with E-state index in [1.165, 1.54) is 51.4 Å². The van der Waals surface area contributed by atoms with Crippen molar-refractivity contribution in [2.45, 2.75) is 51.4 Å². The summed E-state index contributed by atoms with van der Waals surface area (Å²) in [5, 5.41) is 0. The highest BCUT2D eigenvalue weighted by molar-refractivity contribution is 4.92. The molecule has 1 fully saturated rings. The van der Waals surface area contributed by atoms with Gasteiger partial charge in [0.15, 0.2) is 0 Å². The second-order valence-electron chi connectivity index (χ2n) is 3.49.